The number of carbonyl (C=O) groups is 1. The number of hydrogen-bond acceptors (Lipinski definition) is 3. The number of ether oxygens (including phenoxy) is 1. The van der Waals surface area contributed by atoms with E-state index in [4.69, 9.17) is 10.5 Å². The fourth-order valence-electron chi connectivity index (χ4n) is 1.61. The predicted molar refractivity (Wildman–Crippen MR) is 45.8 cm³/mol. The van der Waals surface area contributed by atoms with E-state index in [2.05, 4.69) is 11.9 Å². The molecule has 4 nitrogen and oxygen atoms in total. The van der Waals surface area contributed by atoms with Gasteiger partial charge in [-0.25, -0.2) is 4.79 Å². The molecule has 1 saturated heterocycles. The lowest BCUT2D eigenvalue weighted by Crippen LogP contribution is -2.35. The van der Waals surface area contributed by atoms with E-state index in [0.29, 0.717) is 12.5 Å². The number of nitrogens with zero attached hydrogens (tertiary/aromatic N) is 1. The van der Waals surface area contributed by atoms with Crippen molar-refractivity contribution in [3.8, 4) is 0 Å². The summed E-state index contributed by atoms with van der Waals surface area (Å²) in [5.41, 5.74) is 4.87. The van der Waals surface area contributed by atoms with Crippen LogP contribution in [-0.2, 0) is 4.74 Å². The Morgan fingerprint density at radius 1 is 1.75 bits per heavy atom. The molecule has 1 atom stereocenters. The van der Waals surface area contributed by atoms with Gasteiger partial charge in [0, 0.05) is 12.5 Å². The van der Waals surface area contributed by atoms with Gasteiger partial charge in [0.25, 0.3) is 0 Å². The zero-order chi connectivity index (χ0) is 8.97. The average Bonchev–Trinajstić information content (AvgIpc) is 2.01. The summed E-state index contributed by atoms with van der Waals surface area (Å²) in [7, 11) is 2.08. The van der Waals surface area contributed by atoms with Gasteiger partial charge < -0.3 is 15.4 Å². The number of nitrogens with two attached hydrogens (primary N) is 1. The van der Waals surface area contributed by atoms with Gasteiger partial charge in [-0.2, -0.15) is 0 Å². The highest BCUT2D eigenvalue weighted by atomic mass is 16.5. The molecule has 4 heteroatoms. The molecule has 1 amide bonds. The number of amides is 1. The second-order valence-corrected chi connectivity index (χ2v) is 3.40. The minimum Gasteiger partial charge on any atom is -0.449 e. The minimum atomic E-state index is -0.664. The molecule has 1 fully saturated rings. The van der Waals surface area contributed by atoms with Crippen LogP contribution in [0.1, 0.15) is 12.8 Å². The van der Waals surface area contributed by atoms with Crippen molar-refractivity contribution in [1.82, 2.24) is 4.90 Å². The Balaban J connectivity index is 2.18. The number of piperidine rings is 1. The first kappa shape index (κ1) is 9.32. The standard InChI is InChI=1S/C8H16N2O2/c1-10-4-2-3-7(5-10)6-12-8(9)11/h7H,2-6H2,1H3,(H2,9,11). The minimum absolute atomic E-state index is 0.469. The summed E-state index contributed by atoms with van der Waals surface area (Å²) in [6, 6.07) is 0. The largest absolute Gasteiger partial charge is 0.449 e. The van der Waals surface area contributed by atoms with Crippen molar-refractivity contribution in [2.75, 3.05) is 26.7 Å². The first-order valence-electron chi connectivity index (χ1n) is 4.29. The average molecular weight is 172 g/mol. The third-order valence-electron chi connectivity index (χ3n) is 2.18. The van der Waals surface area contributed by atoms with Crippen LogP contribution >= 0.6 is 0 Å². The molecule has 1 rings (SSSR count). The highest BCUT2D eigenvalue weighted by Crippen LogP contribution is 2.14. The van der Waals surface area contributed by atoms with Crippen LogP contribution in [0, 0.1) is 5.92 Å². The Hall–Kier alpha value is -0.770. The maximum atomic E-state index is 10.3. The van der Waals surface area contributed by atoms with E-state index >= 15 is 0 Å². The smallest absolute Gasteiger partial charge is 0.404 e. The van der Waals surface area contributed by atoms with E-state index < -0.39 is 6.09 Å². The van der Waals surface area contributed by atoms with Crippen molar-refractivity contribution >= 4 is 6.09 Å². The summed E-state index contributed by atoms with van der Waals surface area (Å²) < 4.78 is 4.74. The fraction of sp³-hybridized carbons (Fsp3) is 0.875. The molecule has 0 radical (unpaired) electrons. The predicted octanol–water partition coefficient (Wildman–Crippen LogP) is 0.424. The summed E-state index contributed by atoms with van der Waals surface area (Å²) in [6.07, 6.45) is 1.66. The van der Waals surface area contributed by atoms with Crippen molar-refractivity contribution < 1.29 is 9.53 Å². The van der Waals surface area contributed by atoms with Crippen LogP contribution in [-0.4, -0.2) is 37.7 Å². The highest BCUT2D eigenvalue weighted by Gasteiger charge is 2.17. The molecule has 1 aliphatic rings. The summed E-state index contributed by atoms with van der Waals surface area (Å²) in [5.74, 6) is 0.469. The Morgan fingerprint density at radius 3 is 3.08 bits per heavy atom. The molecule has 0 spiro atoms. The molecule has 70 valence electrons. The van der Waals surface area contributed by atoms with Crippen molar-refractivity contribution in [2.45, 2.75) is 12.8 Å². The number of likely N-dealkylation sites (tertiary alicyclic amines) is 1. The monoisotopic (exact) mass is 172 g/mol. The van der Waals surface area contributed by atoms with Crippen LogP contribution in [0.2, 0.25) is 0 Å². The van der Waals surface area contributed by atoms with Crippen LogP contribution in [0.5, 0.6) is 0 Å². The first-order chi connectivity index (χ1) is 5.68. The summed E-state index contributed by atoms with van der Waals surface area (Å²) >= 11 is 0. The van der Waals surface area contributed by atoms with E-state index in [-0.39, 0.29) is 0 Å². The molecule has 1 heterocycles. The van der Waals surface area contributed by atoms with Gasteiger partial charge in [0.15, 0.2) is 0 Å². The Kier molecular flexibility index (Phi) is 3.34. The number of carbonyl (C=O) groups excluding carboxylic acids is 1. The van der Waals surface area contributed by atoms with E-state index in [1.54, 1.807) is 0 Å². The van der Waals surface area contributed by atoms with Gasteiger partial charge >= 0.3 is 6.09 Å². The van der Waals surface area contributed by atoms with Crippen LogP contribution in [0.4, 0.5) is 4.79 Å². The molecule has 1 unspecified atom stereocenters. The van der Waals surface area contributed by atoms with Crippen molar-refractivity contribution in [1.29, 1.82) is 0 Å². The van der Waals surface area contributed by atoms with Crippen LogP contribution < -0.4 is 5.73 Å². The van der Waals surface area contributed by atoms with Gasteiger partial charge in [0.05, 0.1) is 6.61 Å². The lowest BCUT2D eigenvalue weighted by atomic mass is 10.00. The SMILES string of the molecule is CN1CCCC(COC(N)=O)C1. The molecular weight excluding hydrogens is 156 g/mol. The van der Waals surface area contributed by atoms with Crippen LogP contribution in [0.25, 0.3) is 0 Å². The molecule has 0 bridgehead atoms. The van der Waals surface area contributed by atoms with E-state index in [9.17, 15) is 4.79 Å². The number of rotatable bonds is 2. The Labute approximate surface area is 72.7 Å². The van der Waals surface area contributed by atoms with E-state index in [0.717, 1.165) is 19.5 Å². The second kappa shape index (κ2) is 4.30. The van der Waals surface area contributed by atoms with Crippen LogP contribution in [0.15, 0.2) is 0 Å². The summed E-state index contributed by atoms with van der Waals surface area (Å²) in [5, 5.41) is 0. The molecule has 1 aliphatic heterocycles. The van der Waals surface area contributed by atoms with Gasteiger partial charge in [0.1, 0.15) is 0 Å². The lowest BCUT2D eigenvalue weighted by molar-refractivity contribution is 0.104. The van der Waals surface area contributed by atoms with Crippen molar-refractivity contribution in [2.24, 2.45) is 11.7 Å². The van der Waals surface area contributed by atoms with Crippen molar-refractivity contribution in [3.05, 3.63) is 0 Å². The molecule has 0 aromatic carbocycles. The maximum absolute atomic E-state index is 10.3. The zero-order valence-electron chi connectivity index (χ0n) is 7.45. The molecule has 2 N–H and O–H groups in total. The number of hydrogen-bond donors (Lipinski definition) is 1. The van der Waals surface area contributed by atoms with Gasteiger partial charge in [-0.05, 0) is 26.4 Å². The Morgan fingerprint density at radius 2 is 2.50 bits per heavy atom. The topological polar surface area (TPSA) is 55.6 Å². The molecule has 0 aliphatic carbocycles. The zero-order valence-corrected chi connectivity index (χ0v) is 7.45. The third-order valence-corrected chi connectivity index (χ3v) is 2.18. The lowest BCUT2D eigenvalue weighted by Gasteiger charge is -2.28. The molecule has 12 heavy (non-hydrogen) atoms. The maximum Gasteiger partial charge on any atom is 0.404 e. The van der Waals surface area contributed by atoms with Crippen molar-refractivity contribution in [3.63, 3.8) is 0 Å². The van der Waals surface area contributed by atoms with Gasteiger partial charge in [-0.3, -0.25) is 0 Å². The highest BCUT2D eigenvalue weighted by molar-refractivity contribution is 5.64. The normalized spacial score (nSPS) is 25.2. The van der Waals surface area contributed by atoms with Gasteiger partial charge in [-0.1, -0.05) is 0 Å². The fourth-order valence-corrected chi connectivity index (χ4v) is 1.61. The van der Waals surface area contributed by atoms with E-state index in [1.165, 1.54) is 6.42 Å². The summed E-state index contributed by atoms with van der Waals surface area (Å²) in [4.78, 5) is 12.6. The van der Waals surface area contributed by atoms with Gasteiger partial charge in [-0.15, -0.1) is 0 Å². The molecule has 0 aromatic rings. The quantitative estimate of drug-likeness (QED) is 0.657. The number of primary amides is 1. The Bertz CT molecular complexity index is 161. The third kappa shape index (κ3) is 3.09. The summed E-state index contributed by atoms with van der Waals surface area (Å²) in [6.45, 7) is 2.63. The van der Waals surface area contributed by atoms with Crippen LogP contribution in [0.3, 0.4) is 0 Å². The molecular formula is C8H16N2O2. The molecule has 0 aromatic heterocycles. The molecule has 0 saturated carbocycles. The van der Waals surface area contributed by atoms with E-state index in [1.807, 2.05) is 0 Å². The second-order valence-electron chi connectivity index (χ2n) is 3.40. The van der Waals surface area contributed by atoms with Gasteiger partial charge in [0.2, 0.25) is 0 Å². The first-order valence-corrected chi connectivity index (χ1v) is 4.29.